The van der Waals surface area contributed by atoms with E-state index in [2.05, 4.69) is 11.9 Å². The van der Waals surface area contributed by atoms with Gasteiger partial charge in [-0.05, 0) is 18.9 Å². The number of nitrogens with two attached hydrogens (primary N) is 1. The highest BCUT2D eigenvalue weighted by atomic mass is 16.5. The third-order valence-corrected chi connectivity index (χ3v) is 2.80. The van der Waals surface area contributed by atoms with Crippen molar-refractivity contribution in [3.05, 3.63) is 12.1 Å². The molecule has 0 fully saturated rings. The van der Waals surface area contributed by atoms with Crippen molar-refractivity contribution >= 4 is 5.69 Å². The van der Waals surface area contributed by atoms with Gasteiger partial charge < -0.3 is 15.2 Å². The number of nitrogens with zero attached hydrogens (tertiary/aromatic N) is 1. The summed E-state index contributed by atoms with van der Waals surface area (Å²) in [6, 6.07) is 3.57. The predicted octanol–water partition coefficient (Wildman–Crippen LogP) is 3.80. The first kappa shape index (κ1) is 15.6. The molecule has 0 atom stereocenters. The van der Waals surface area contributed by atoms with Gasteiger partial charge in [0.15, 0.2) is 0 Å². The standard InChI is InChI=1S/C15H26N2O2/c1-3-5-6-7-8-12-18-14-10-9-13(16)15(17-14)19-11-4-2/h9-10H,3-8,11-12,16H2,1-2H3. The zero-order chi connectivity index (χ0) is 13.9. The van der Waals surface area contributed by atoms with Crippen LogP contribution in [0.5, 0.6) is 11.8 Å². The summed E-state index contributed by atoms with van der Waals surface area (Å²) in [4.78, 5) is 4.27. The second-order valence-electron chi connectivity index (χ2n) is 4.66. The molecule has 1 aromatic heterocycles. The van der Waals surface area contributed by atoms with Gasteiger partial charge in [-0.1, -0.05) is 39.5 Å². The van der Waals surface area contributed by atoms with Gasteiger partial charge in [0.2, 0.25) is 11.8 Å². The smallest absolute Gasteiger partial charge is 0.240 e. The van der Waals surface area contributed by atoms with Crippen LogP contribution in [0, 0.1) is 0 Å². The van der Waals surface area contributed by atoms with Gasteiger partial charge in [0.1, 0.15) is 0 Å². The summed E-state index contributed by atoms with van der Waals surface area (Å²) < 4.78 is 11.1. The molecule has 0 saturated heterocycles. The number of pyridine rings is 1. The van der Waals surface area contributed by atoms with Crippen LogP contribution >= 0.6 is 0 Å². The Labute approximate surface area is 116 Å². The molecule has 4 nitrogen and oxygen atoms in total. The Bertz CT molecular complexity index is 356. The summed E-state index contributed by atoms with van der Waals surface area (Å²) in [5.41, 5.74) is 6.36. The molecule has 0 spiro atoms. The van der Waals surface area contributed by atoms with E-state index in [1.54, 1.807) is 12.1 Å². The minimum Gasteiger partial charge on any atom is -0.478 e. The normalized spacial score (nSPS) is 10.4. The largest absolute Gasteiger partial charge is 0.478 e. The minimum atomic E-state index is 0.477. The SMILES string of the molecule is CCCCCCCOc1ccc(N)c(OCCC)n1. The molecule has 108 valence electrons. The lowest BCUT2D eigenvalue weighted by Crippen LogP contribution is -2.04. The van der Waals surface area contributed by atoms with Crippen molar-refractivity contribution in [3.63, 3.8) is 0 Å². The Hall–Kier alpha value is -1.45. The summed E-state index contributed by atoms with van der Waals surface area (Å²) in [6.07, 6.45) is 7.05. The maximum atomic E-state index is 5.80. The first-order valence-electron chi connectivity index (χ1n) is 7.30. The number of nitrogen functional groups attached to an aromatic ring is 1. The summed E-state index contributed by atoms with van der Waals surface area (Å²) in [5.74, 6) is 1.07. The lowest BCUT2D eigenvalue weighted by molar-refractivity contribution is 0.275. The van der Waals surface area contributed by atoms with Crippen molar-refractivity contribution in [2.75, 3.05) is 18.9 Å². The van der Waals surface area contributed by atoms with Crippen LogP contribution < -0.4 is 15.2 Å². The highest BCUT2D eigenvalue weighted by molar-refractivity contribution is 5.49. The second-order valence-corrected chi connectivity index (χ2v) is 4.66. The molecular formula is C15H26N2O2. The van der Waals surface area contributed by atoms with E-state index in [0.717, 1.165) is 12.8 Å². The number of hydrogen-bond donors (Lipinski definition) is 1. The highest BCUT2D eigenvalue weighted by Gasteiger charge is 2.04. The first-order valence-corrected chi connectivity index (χ1v) is 7.30. The van der Waals surface area contributed by atoms with Crippen LogP contribution in [0.2, 0.25) is 0 Å². The Balaban J connectivity index is 2.33. The quantitative estimate of drug-likeness (QED) is 0.654. The number of rotatable bonds is 10. The highest BCUT2D eigenvalue weighted by Crippen LogP contribution is 2.22. The van der Waals surface area contributed by atoms with Crippen LogP contribution in [-0.2, 0) is 0 Å². The van der Waals surface area contributed by atoms with Crippen molar-refractivity contribution in [2.24, 2.45) is 0 Å². The number of anilines is 1. The zero-order valence-electron chi connectivity index (χ0n) is 12.2. The van der Waals surface area contributed by atoms with Gasteiger partial charge in [0, 0.05) is 6.07 Å². The van der Waals surface area contributed by atoms with Crippen LogP contribution in [0.25, 0.3) is 0 Å². The molecular weight excluding hydrogens is 240 g/mol. The minimum absolute atomic E-state index is 0.477. The van der Waals surface area contributed by atoms with Crippen molar-refractivity contribution in [1.29, 1.82) is 0 Å². The second kappa shape index (κ2) is 9.48. The lowest BCUT2D eigenvalue weighted by Gasteiger charge is -2.09. The van der Waals surface area contributed by atoms with E-state index in [4.69, 9.17) is 15.2 Å². The van der Waals surface area contributed by atoms with Gasteiger partial charge in [-0.15, -0.1) is 0 Å². The average Bonchev–Trinajstić information content (AvgIpc) is 2.43. The predicted molar refractivity (Wildman–Crippen MR) is 78.7 cm³/mol. The molecule has 0 amide bonds. The van der Waals surface area contributed by atoms with Crippen LogP contribution in [0.15, 0.2) is 12.1 Å². The van der Waals surface area contributed by atoms with Gasteiger partial charge in [0.25, 0.3) is 0 Å². The number of aromatic nitrogens is 1. The third kappa shape index (κ3) is 6.32. The number of ether oxygens (including phenoxy) is 2. The van der Waals surface area contributed by atoms with E-state index >= 15 is 0 Å². The van der Waals surface area contributed by atoms with Crippen molar-refractivity contribution in [2.45, 2.75) is 52.4 Å². The molecule has 1 aromatic rings. The average molecular weight is 266 g/mol. The summed E-state index contributed by atoms with van der Waals surface area (Å²) in [6.45, 7) is 5.59. The molecule has 19 heavy (non-hydrogen) atoms. The molecule has 0 bridgehead atoms. The molecule has 1 rings (SSSR count). The van der Waals surface area contributed by atoms with Crippen molar-refractivity contribution < 1.29 is 9.47 Å². The molecule has 4 heteroatoms. The number of hydrogen-bond acceptors (Lipinski definition) is 4. The van der Waals surface area contributed by atoms with E-state index in [1.807, 2.05) is 6.92 Å². The first-order chi connectivity index (χ1) is 9.27. The van der Waals surface area contributed by atoms with Crippen LogP contribution in [0.1, 0.15) is 52.4 Å². The van der Waals surface area contributed by atoms with Gasteiger partial charge in [0.05, 0.1) is 18.9 Å². The monoisotopic (exact) mass is 266 g/mol. The molecule has 0 radical (unpaired) electrons. The maximum absolute atomic E-state index is 5.80. The van der Waals surface area contributed by atoms with Crippen molar-refractivity contribution in [1.82, 2.24) is 4.98 Å². The summed E-state index contributed by atoms with van der Waals surface area (Å²) >= 11 is 0. The van der Waals surface area contributed by atoms with Crippen LogP contribution in [0.4, 0.5) is 5.69 Å². The van der Waals surface area contributed by atoms with E-state index in [9.17, 15) is 0 Å². The molecule has 1 heterocycles. The fourth-order valence-electron chi connectivity index (χ4n) is 1.71. The molecule has 0 aliphatic carbocycles. The fourth-order valence-corrected chi connectivity index (χ4v) is 1.71. The van der Waals surface area contributed by atoms with Crippen LogP contribution in [0.3, 0.4) is 0 Å². The fraction of sp³-hybridized carbons (Fsp3) is 0.667. The molecule has 0 unspecified atom stereocenters. The van der Waals surface area contributed by atoms with E-state index in [-0.39, 0.29) is 0 Å². The Morgan fingerprint density at radius 2 is 1.74 bits per heavy atom. The third-order valence-electron chi connectivity index (χ3n) is 2.80. The van der Waals surface area contributed by atoms with Crippen LogP contribution in [-0.4, -0.2) is 18.2 Å². The zero-order valence-corrected chi connectivity index (χ0v) is 12.2. The van der Waals surface area contributed by atoms with E-state index in [0.29, 0.717) is 30.7 Å². The Morgan fingerprint density at radius 3 is 2.47 bits per heavy atom. The lowest BCUT2D eigenvalue weighted by atomic mass is 10.2. The van der Waals surface area contributed by atoms with Gasteiger partial charge in [-0.25, -0.2) is 0 Å². The summed E-state index contributed by atoms with van der Waals surface area (Å²) in [5, 5.41) is 0. The molecule has 0 aromatic carbocycles. The van der Waals surface area contributed by atoms with Crippen molar-refractivity contribution in [3.8, 4) is 11.8 Å². The molecule has 0 aliphatic rings. The van der Waals surface area contributed by atoms with Gasteiger partial charge in [-0.3, -0.25) is 0 Å². The number of unbranched alkanes of at least 4 members (excludes halogenated alkanes) is 4. The molecule has 0 aliphatic heterocycles. The maximum Gasteiger partial charge on any atom is 0.240 e. The van der Waals surface area contributed by atoms with Gasteiger partial charge in [-0.2, -0.15) is 4.98 Å². The topological polar surface area (TPSA) is 57.4 Å². The van der Waals surface area contributed by atoms with Gasteiger partial charge >= 0.3 is 0 Å². The van der Waals surface area contributed by atoms with E-state index in [1.165, 1.54) is 25.7 Å². The molecule has 2 N–H and O–H groups in total. The molecule has 0 saturated carbocycles. The Morgan fingerprint density at radius 1 is 0.947 bits per heavy atom. The Kier molecular flexibility index (Phi) is 7.78. The van der Waals surface area contributed by atoms with E-state index < -0.39 is 0 Å². The summed E-state index contributed by atoms with van der Waals surface area (Å²) in [7, 11) is 0.